The predicted octanol–water partition coefficient (Wildman–Crippen LogP) is 4.37. The third kappa shape index (κ3) is 7.97. The number of anilines is 3. The molecule has 0 atom stereocenters. The van der Waals surface area contributed by atoms with Crippen molar-refractivity contribution in [2.45, 2.75) is 25.1 Å². The van der Waals surface area contributed by atoms with E-state index in [1.807, 2.05) is 7.05 Å². The summed E-state index contributed by atoms with van der Waals surface area (Å²) in [6.07, 6.45) is -2.06. The van der Waals surface area contributed by atoms with Gasteiger partial charge in [0.25, 0.3) is 5.91 Å². The van der Waals surface area contributed by atoms with E-state index in [4.69, 9.17) is 9.47 Å². The van der Waals surface area contributed by atoms with Crippen molar-refractivity contribution in [1.82, 2.24) is 20.2 Å². The number of benzene rings is 2. The summed E-state index contributed by atoms with van der Waals surface area (Å²) >= 11 is 0. The number of alkyl halides is 3. The molecule has 4 rings (SSSR count). The van der Waals surface area contributed by atoms with E-state index in [2.05, 4.69) is 30.2 Å². The van der Waals surface area contributed by atoms with Gasteiger partial charge < -0.3 is 25.0 Å². The van der Waals surface area contributed by atoms with E-state index in [0.29, 0.717) is 17.8 Å². The van der Waals surface area contributed by atoms with Crippen molar-refractivity contribution in [3.8, 4) is 17.4 Å². The quantitative estimate of drug-likeness (QED) is 0.301. The number of hydrogen-bond acceptors (Lipinski definition) is 9. The van der Waals surface area contributed by atoms with E-state index in [0.717, 1.165) is 44.3 Å². The number of piperidine rings is 1. The lowest BCUT2D eigenvalue weighted by Crippen LogP contribution is -2.43. The smallest absolute Gasteiger partial charge is 0.423 e. The maximum absolute atomic E-state index is 13.9. The largest absolute Gasteiger partial charge is 0.495 e. The first-order valence-corrected chi connectivity index (χ1v) is 14.4. The van der Waals surface area contributed by atoms with Crippen molar-refractivity contribution in [3.05, 3.63) is 59.5 Å². The lowest BCUT2D eigenvalue weighted by Gasteiger charge is -2.29. The molecule has 0 bridgehead atoms. The minimum atomic E-state index is -4.97. The molecule has 1 fully saturated rings. The Kier molecular flexibility index (Phi) is 9.06. The van der Waals surface area contributed by atoms with E-state index < -0.39 is 39.2 Å². The van der Waals surface area contributed by atoms with E-state index in [1.54, 1.807) is 0 Å². The lowest BCUT2D eigenvalue weighted by molar-refractivity contribution is -0.139. The summed E-state index contributed by atoms with van der Waals surface area (Å²) in [7, 11) is -0.523. The summed E-state index contributed by atoms with van der Waals surface area (Å²) in [5, 5.41) is 5.72. The minimum absolute atomic E-state index is 0.0303. The van der Waals surface area contributed by atoms with Gasteiger partial charge in [-0.25, -0.2) is 17.8 Å². The van der Waals surface area contributed by atoms with Crippen molar-refractivity contribution in [1.29, 1.82) is 0 Å². The maximum Gasteiger partial charge on any atom is 0.423 e. The number of methoxy groups -OCH3 is 1. The summed E-state index contributed by atoms with van der Waals surface area (Å²) in [5.74, 6) is -2.95. The maximum atomic E-state index is 13.9. The molecule has 1 saturated heterocycles. The predicted molar refractivity (Wildman–Crippen MR) is 146 cm³/mol. The van der Waals surface area contributed by atoms with Gasteiger partial charge in [-0.1, -0.05) is 0 Å². The molecule has 0 unspecified atom stereocenters. The molecule has 3 N–H and O–H groups in total. The van der Waals surface area contributed by atoms with Gasteiger partial charge in [0.1, 0.15) is 17.1 Å². The molecule has 1 aliphatic heterocycles. The molecular weight excluding hydrogens is 584 g/mol. The first-order valence-electron chi connectivity index (χ1n) is 12.6. The van der Waals surface area contributed by atoms with Gasteiger partial charge in [-0.05, 0) is 63.3 Å². The van der Waals surface area contributed by atoms with Crippen LogP contribution >= 0.6 is 0 Å². The van der Waals surface area contributed by atoms with Crippen LogP contribution in [0.25, 0.3) is 0 Å². The fourth-order valence-electron chi connectivity index (χ4n) is 4.15. The number of halogens is 4. The first-order chi connectivity index (χ1) is 19.7. The average molecular weight is 613 g/mol. The number of likely N-dealkylation sites (tertiary alicyclic amines) is 1. The van der Waals surface area contributed by atoms with Gasteiger partial charge in [-0.3, -0.25) is 9.52 Å². The monoisotopic (exact) mass is 612 g/mol. The summed E-state index contributed by atoms with van der Waals surface area (Å²) < 4.78 is 91.3. The van der Waals surface area contributed by atoms with Gasteiger partial charge in [0, 0.05) is 23.9 Å². The van der Waals surface area contributed by atoms with E-state index in [1.165, 1.54) is 25.3 Å². The highest BCUT2D eigenvalue weighted by atomic mass is 32.2. The molecule has 226 valence electrons. The molecule has 0 aliphatic carbocycles. The molecule has 1 aliphatic rings. The Bertz CT molecular complexity index is 1560. The van der Waals surface area contributed by atoms with Crippen molar-refractivity contribution < 1.29 is 40.2 Å². The highest BCUT2D eigenvalue weighted by molar-refractivity contribution is 7.92. The van der Waals surface area contributed by atoms with Gasteiger partial charge in [0.2, 0.25) is 21.9 Å². The Morgan fingerprint density at radius 1 is 1.07 bits per heavy atom. The fraction of sp³-hybridized carbons (Fsp3) is 0.346. The molecule has 11 nitrogen and oxygen atoms in total. The fourth-order valence-corrected chi connectivity index (χ4v) is 4.71. The Hall–Kier alpha value is -4.18. The third-order valence-electron chi connectivity index (χ3n) is 6.27. The molecule has 2 aromatic carbocycles. The number of nitrogens with zero attached hydrogens (tertiary/aromatic N) is 3. The summed E-state index contributed by atoms with van der Waals surface area (Å²) in [5.41, 5.74) is -1.17. The summed E-state index contributed by atoms with van der Waals surface area (Å²) in [6.45, 7) is 1.73. The van der Waals surface area contributed by atoms with Crippen molar-refractivity contribution >= 4 is 33.3 Å². The second-order valence-electron chi connectivity index (χ2n) is 9.62. The van der Waals surface area contributed by atoms with Crippen molar-refractivity contribution in [3.63, 3.8) is 0 Å². The Labute approximate surface area is 239 Å². The highest BCUT2D eigenvalue weighted by Crippen LogP contribution is 2.39. The lowest BCUT2D eigenvalue weighted by atomic mass is 10.0. The van der Waals surface area contributed by atoms with Gasteiger partial charge in [-0.2, -0.15) is 18.2 Å². The number of amides is 1. The number of ether oxygens (including phenoxy) is 2. The molecular formula is C26H28F4N6O5S. The van der Waals surface area contributed by atoms with Gasteiger partial charge in [-0.15, -0.1) is 0 Å². The first kappa shape index (κ1) is 30.8. The molecule has 0 spiro atoms. The molecule has 2 heterocycles. The van der Waals surface area contributed by atoms with Gasteiger partial charge >= 0.3 is 6.18 Å². The Morgan fingerprint density at radius 3 is 2.40 bits per heavy atom. The van der Waals surface area contributed by atoms with E-state index in [-0.39, 0.29) is 35.0 Å². The zero-order valence-corrected chi connectivity index (χ0v) is 23.6. The zero-order valence-electron chi connectivity index (χ0n) is 22.8. The molecule has 16 heteroatoms. The number of aromatic nitrogens is 2. The van der Waals surface area contributed by atoms with Crippen molar-refractivity contribution in [2.75, 3.05) is 43.5 Å². The molecule has 0 saturated carbocycles. The van der Waals surface area contributed by atoms with Crippen LogP contribution in [0.5, 0.6) is 17.4 Å². The van der Waals surface area contributed by atoms with Crippen molar-refractivity contribution in [2.24, 2.45) is 0 Å². The second-order valence-corrected chi connectivity index (χ2v) is 11.4. The Balaban J connectivity index is 1.60. The number of rotatable bonds is 9. The molecule has 1 amide bonds. The number of sulfonamides is 1. The van der Waals surface area contributed by atoms with E-state index >= 15 is 0 Å². The molecule has 3 aromatic rings. The van der Waals surface area contributed by atoms with Crippen LogP contribution in [0.15, 0.2) is 42.6 Å². The van der Waals surface area contributed by atoms with Gasteiger partial charge in [0.15, 0.2) is 5.75 Å². The minimum Gasteiger partial charge on any atom is -0.495 e. The van der Waals surface area contributed by atoms with Crippen LogP contribution in [0, 0.1) is 5.82 Å². The summed E-state index contributed by atoms with van der Waals surface area (Å²) in [6, 6.07) is 7.08. The van der Waals surface area contributed by atoms with Crippen LogP contribution in [0.4, 0.5) is 34.9 Å². The summed E-state index contributed by atoms with van der Waals surface area (Å²) in [4.78, 5) is 22.5. The van der Waals surface area contributed by atoms with Crippen LogP contribution in [-0.4, -0.2) is 68.7 Å². The van der Waals surface area contributed by atoms with Gasteiger partial charge in [0.05, 0.1) is 24.7 Å². The zero-order chi connectivity index (χ0) is 30.7. The number of nitrogens with one attached hydrogen (secondary N) is 3. The average Bonchev–Trinajstić information content (AvgIpc) is 2.90. The van der Waals surface area contributed by atoms with Crippen LogP contribution in [-0.2, 0) is 16.2 Å². The highest BCUT2D eigenvalue weighted by Gasteiger charge is 2.37. The number of carbonyl (C=O) groups excluding carboxylic acids is 1. The SMILES string of the molecule is COc1cc(C(=O)NC2CCN(C)CC2)ccc1Nc1ncc(C(F)(F)F)c(Oc2cc(F)ccc2NS(C)(=O)=O)n1. The molecule has 42 heavy (non-hydrogen) atoms. The van der Waals surface area contributed by atoms with E-state index in [9.17, 15) is 30.8 Å². The molecule has 1 aromatic heterocycles. The van der Waals surface area contributed by atoms with Crippen LogP contribution in [0.1, 0.15) is 28.8 Å². The topological polar surface area (TPSA) is 135 Å². The third-order valence-corrected chi connectivity index (χ3v) is 6.86. The normalized spacial score (nSPS) is 14.7. The second kappa shape index (κ2) is 12.4. The van der Waals surface area contributed by atoms with Crippen LogP contribution in [0.2, 0.25) is 0 Å². The van der Waals surface area contributed by atoms with Crippen LogP contribution in [0.3, 0.4) is 0 Å². The number of hydrogen-bond donors (Lipinski definition) is 3. The number of carbonyl (C=O) groups is 1. The molecule has 0 radical (unpaired) electrons. The Morgan fingerprint density at radius 2 is 1.76 bits per heavy atom. The standard InChI is InChI=1S/C26H28F4N6O5S/c1-36-10-8-17(9-11-36)32-23(37)15-4-6-19(21(12-15)40-2)33-25-31-14-18(26(28,29)30)24(34-25)41-22-13-16(27)5-7-20(22)35-42(3,38)39/h4-7,12-14,17,35H,8-11H2,1-3H3,(H,32,37)(H,31,33,34). The van der Waals surface area contributed by atoms with Crippen LogP contribution < -0.4 is 24.8 Å².